The third-order valence-corrected chi connectivity index (χ3v) is 8.61. The summed E-state index contributed by atoms with van der Waals surface area (Å²) in [7, 11) is 0. The first kappa shape index (κ1) is 15.2. The molecule has 45 heavy (non-hydrogen) atoms. The second kappa shape index (κ2) is 9.29. The highest BCUT2D eigenvalue weighted by molar-refractivity contribution is 6.27. The van der Waals surface area contributed by atoms with Crippen molar-refractivity contribution in [2.45, 2.75) is 0 Å². The summed E-state index contributed by atoms with van der Waals surface area (Å²) < 4.78 is 122. The van der Waals surface area contributed by atoms with E-state index >= 15 is 0 Å². The Balaban J connectivity index is 1.31. The molecule has 0 amide bonds. The molecule has 0 N–H and O–H groups in total. The van der Waals surface area contributed by atoms with Gasteiger partial charge in [-0.2, -0.15) is 0 Å². The molecule has 0 spiro atoms. The van der Waals surface area contributed by atoms with Gasteiger partial charge in [-0.25, -0.2) is 0 Å². The Kier molecular flexibility index (Phi) is 3.14. The number of hydrogen-bond donors (Lipinski definition) is 0. The second-order valence-corrected chi connectivity index (χ2v) is 11.0. The maximum atomic E-state index is 9.38. The SMILES string of the molecule is [2H]c1c([2H])c([2H])c(-c2c([2H])c([2H])c3c([2H])c([2H])c4c(-c5cccc(-c6ccc7c8c(cccc68)-c6ccccc6O7)c5)c([2H])c([2H])c5c([2H])c([2H])c2c3c54)c([2H])c1[2H]. The Hall–Kier alpha value is -5.92. The number of hydrogen-bond acceptors (Lipinski definition) is 1. The van der Waals surface area contributed by atoms with E-state index in [0.29, 0.717) is 11.3 Å². The molecule has 1 nitrogen and oxygen atoms in total. The Morgan fingerprint density at radius 2 is 1.02 bits per heavy atom. The van der Waals surface area contributed by atoms with Gasteiger partial charge < -0.3 is 4.74 Å². The van der Waals surface area contributed by atoms with Crippen LogP contribution in [-0.4, -0.2) is 0 Å². The Labute approximate surface area is 279 Å². The Bertz CT molecular complexity index is 3330. The van der Waals surface area contributed by atoms with E-state index in [1.54, 1.807) is 12.1 Å². The van der Waals surface area contributed by atoms with E-state index in [1.165, 1.54) is 0 Å². The molecule has 0 aliphatic carbocycles. The predicted octanol–water partition coefficient (Wildman–Crippen LogP) is 12.5. The van der Waals surface area contributed by atoms with Gasteiger partial charge in [0.15, 0.2) is 0 Å². The standard InChI is InChI=1S/C44H26O/c1-2-8-27(9-3-1)32-20-16-28-19-23-39-33(21-17-29-18-22-38(32)42(28)43(29)39)30-10-6-11-31(26-30)34-24-25-41-44-36(34)13-7-14-37(44)35-12-4-5-15-40(35)45-41/h1-26H/i1D,2D,3D,8D,9D,16D,17D,18D,19D,20D,21D,22D,23D. The smallest absolute Gasteiger partial charge is 0.135 e. The van der Waals surface area contributed by atoms with E-state index in [4.69, 9.17) is 14.3 Å². The minimum absolute atomic E-state index is 0.0233. The third-order valence-electron chi connectivity index (χ3n) is 8.61. The van der Waals surface area contributed by atoms with E-state index in [1.807, 2.05) is 66.7 Å². The van der Waals surface area contributed by atoms with E-state index in [-0.39, 0.29) is 49.5 Å². The molecule has 0 atom stereocenters. The number of rotatable bonds is 3. The van der Waals surface area contributed by atoms with Gasteiger partial charge in [-0.05, 0) is 94.8 Å². The van der Waals surface area contributed by atoms with Crippen molar-refractivity contribution < 1.29 is 22.6 Å². The molecule has 208 valence electrons. The normalized spacial score (nSPS) is 16.2. The van der Waals surface area contributed by atoms with E-state index in [2.05, 4.69) is 0 Å². The molecule has 1 aliphatic rings. The number of ether oxygens (including phenoxy) is 1. The molecule has 1 heterocycles. The van der Waals surface area contributed by atoms with Crippen molar-refractivity contribution in [2.24, 2.45) is 0 Å². The topological polar surface area (TPSA) is 9.23 Å². The van der Waals surface area contributed by atoms with Crippen LogP contribution in [0.1, 0.15) is 17.8 Å². The van der Waals surface area contributed by atoms with Crippen LogP contribution in [-0.2, 0) is 0 Å². The van der Waals surface area contributed by atoms with Crippen molar-refractivity contribution in [1.29, 1.82) is 0 Å². The van der Waals surface area contributed by atoms with E-state index in [0.717, 1.165) is 38.8 Å². The zero-order valence-corrected chi connectivity index (χ0v) is 23.4. The van der Waals surface area contributed by atoms with Crippen LogP contribution in [0.4, 0.5) is 0 Å². The van der Waals surface area contributed by atoms with Crippen LogP contribution in [0.2, 0.25) is 0 Å². The highest BCUT2D eigenvalue weighted by Gasteiger charge is 2.21. The lowest BCUT2D eigenvalue weighted by molar-refractivity contribution is 0.487. The molecule has 1 heteroatoms. The highest BCUT2D eigenvalue weighted by atomic mass is 16.5. The van der Waals surface area contributed by atoms with Crippen LogP contribution in [0.15, 0.2) is 157 Å². The predicted molar refractivity (Wildman–Crippen MR) is 189 cm³/mol. The van der Waals surface area contributed by atoms with Gasteiger partial charge in [-0.3, -0.25) is 0 Å². The number of para-hydroxylation sites is 1. The van der Waals surface area contributed by atoms with E-state index in [9.17, 15) is 8.22 Å². The maximum absolute atomic E-state index is 9.38. The van der Waals surface area contributed by atoms with Crippen molar-refractivity contribution in [2.75, 3.05) is 0 Å². The maximum Gasteiger partial charge on any atom is 0.135 e. The van der Waals surface area contributed by atoms with Gasteiger partial charge in [0, 0.05) is 10.9 Å². The van der Waals surface area contributed by atoms with Crippen molar-refractivity contribution in [3.05, 3.63) is 157 Å². The summed E-state index contributed by atoms with van der Waals surface area (Å²) in [6.07, 6.45) is 0. The van der Waals surface area contributed by atoms with Crippen molar-refractivity contribution in [3.8, 4) is 56.0 Å². The van der Waals surface area contributed by atoms with Crippen LogP contribution < -0.4 is 4.74 Å². The zero-order valence-electron chi connectivity index (χ0n) is 36.4. The molecule has 0 fully saturated rings. The lowest BCUT2D eigenvalue weighted by atomic mass is 9.86. The lowest BCUT2D eigenvalue weighted by Gasteiger charge is -2.22. The monoisotopic (exact) mass is 583 g/mol. The quantitative estimate of drug-likeness (QED) is 0.188. The summed E-state index contributed by atoms with van der Waals surface area (Å²) >= 11 is 0. The molecule has 0 saturated heterocycles. The van der Waals surface area contributed by atoms with Gasteiger partial charge in [-0.15, -0.1) is 0 Å². The number of fused-ring (bicyclic) bond motifs is 2. The molecule has 0 radical (unpaired) electrons. The first-order valence-electron chi connectivity index (χ1n) is 21.0. The first-order valence-corrected chi connectivity index (χ1v) is 14.5. The summed E-state index contributed by atoms with van der Waals surface area (Å²) in [5.74, 6) is 1.46. The van der Waals surface area contributed by atoms with Crippen LogP contribution in [0.5, 0.6) is 11.5 Å². The van der Waals surface area contributed by atoms with Crippen LogP contribution in [0, 0.1) is 0 Å². The van der Waals surface area contributed by atoms with Crippen molar-refractivity contribution in [3.63, 3.8) is 0 Å². The van der Waals surface area contributed by atoms with Crippen LogP contribution in [0.3, 0.4) is 0 Å². The van der Waals surface area contributed by atoms with Gasteiger partial charge in [0.05, 0.1) is 17.8 Å². The minimum Gasteiger partial charge on any atom is -0.456 e. The summed E-state index contributed by atoms with van der Waals surface area (Å²) in [5, 5.41) is 1.30. The summed E-state index contributed by atoms with van der Waals surface area (Å²) in [4.78, 5) is 0. The van der Waals surface area contributed by atoms with Gasteiger partial charge in [-0.1, -0.05) is 139 Å². The lowest BCUT2D eigenvalue weighted by Crippen LogP contribution is -1.97. The summed E-state index contributed by atoms with van der Waals surface area (Å²) in [5.41, 5.74) is 3.33. The molecular formula is C44H26O. The Morgan fingerprint density at radius 1 is 0.378 bits per heavy atom. The summed E-state index contributed by atoms with van der Waals surface area (Å²) in [6.45, 7) is 0. The molecule has 1 aliphatic heterocycles. The molecular weight excluding hydrogens is 544 g/mol. The van der Waals surface area contributed by atoms with Gasteiger partial charge in [0.25, 0.3) is 0 Å². The molecule has 0 bridgehead atoms. The average Bonchev–Trinajstić information content (AvgIpc) is 3.23. The molecule has 10 rings (SSSR count). The largest absolute Gasteiger partial charge is 0.456 e. The molecule has 0 unspecified atom stereocenters. The molecule has 0 saturated carbocycles. The Morgan fingerprint density at radius 3 is 1.80 bits per heavy atom. The fourth-order valence-corrected chi connectivity index (χ4v) is 6.64. The summed E-state index contributed by atoms with van der Waals surface area (Å²) in [6, 6.07) is 17.6. The van der Waals surface area contributed by atoms with Gasteiger partial charge in [0.1, 0.15) is 11.5 Å². The van der Waals surface area contributed by atoms with Gasteiger partial charge in [0.2, 0.25) is 0 Å². The van der Waals surface area contributed by atoms with Crippen LogP contribution >= 0.6 is 0 Å². The molecule has 9 aromatic rings. The van der Waals surface area contributed by atoms with Crippen molar-refractivity contribution >= 4 is 43.1 Å². The fourth-order valence-electron chi connectivity index (χ4n) is 6.64. The molecule has 0 aromatic heterocycles. The number of benzene rings is 9. The van der Waals surface area contributed by atoms with E-state index < -0.39 is 78.1 Å². The fraction of sp³-hybridized carbons (Fsp3) is 0. The molecule has 9 aromatic carbocycles. The van der Waals surface area contributed by atoms with Gasteiger partial charge >= 0.3 is 0 Å². The third kappa shape index (κ3) is 3.56. The highest BCUT2D eigenvalue weighted by Crippen LogP contribution is 2.49. The van der Waals surface area contributed by atoms with Crippen molar-refractivity contribution in [1.82, 2.24) is 0 Å². The average molecular weight is 584 g/mol. The first-order chi connectivity index (χ1) is 27.7. The second-order valence-electron chi connectivity index (χ2n) is 11.0. The minimum atomic E-state index is -0.692. The van der Waals surface area contributed by atoms with Crippen LogP contribution in [0.25, 0.3) is 87.6 Å². The zero-order chi connectivity index (χ0) is 40.8.